The molecular weight excluding hydrogens is 114 g/mol. The van der Waals surface area contributed by atoms with Gasteiger partial charge in [0.15, 0.2) is 0 Å². The van der Waals surface area contributed by atoms with Crippen LogP contribution in [0.3, 0.4) is 0 Å². The third kappa shape index (κ3) is 1.98. The van der Waals surface area contributed by atoms with E-state index in [1.165, 1.54) is 6.08 Å². The molecule has 9 heavy (non-hydrogen) atoms. The Morgan fingerprint density at radius 2 is 2.11 bits per heavy atom. The second kappa shape index (κ2) is 2.78. The van der Waals surface area contributed by atoms with E-state index in [0.717, 1.165) is 6.54 Å². The van der Waals surface area contributed by atoms with Gasteiger partial charge in [0.2, 0.25) is 0 Å². The number of amides is 1. The average molecular weight is 128 g/mol. The first-order chi connectivity index (χ1) is 4.04. The Hall–Kier alpha value is -0.630. The lowest BCUT2D eigenvalue weighted by molar-refractivity contribution is -0.809. The zero-order chi connectivity index (χ0) is 7.49. The molecule has 0 rings (SSSR count). The molecule has 0 aliphatic carbocycles. The first-order valence-electron chi connectivity index (χ1n) is 3.04. The van der Waals surface area contributed by atoms with Crippen LogP contribution < -0.4 is 0 Å². The molecule has 0 spiro atoms. The van der Waals surface area contributed by atoms with Crippen LogP contribution in [0.5, 0.6) is 0 Å². The molecule has 2 heteroatoms. The van der Waals surface area contributed by atoms with Gasteiger partial charge in [0, 0.05) is 6.08 Å². The maximum atomic E-state index is 10.9. The minimum absolute atomic E-state index is 0.0671. The van der Waals surface area contributed by atoms with Gasteiger partial charge in [0.05, 0.1) is 20.6 Å². The zero-order valence-corrected chi connectivity index (χ0v) is 6.35. The summed E-state index contributed by atoms with van der Waals surface area (Å²) in [6.07, 6.45) is 1.36. The summed E-state index contributed by atoms with van der Waals surface area (Å²) in [5, 5.41) is 0. The summed E-state index contributed by atoms with van der Waals surface area (Å²) in [5.41, 5.74) is 0. The molecule has 0 heterocycles. The van der Waals surface area contributed by atoms with Crippen LogP contribution in [0.2, 0.25) is 0 Å². The first kappa shape index (κ1) is 8.37. The van der Waals surface area contributed by atoms with E-state index >= 15 is 0 Å². The van der Waals surface area contributed by atoms with Crippen molar-refractivity contribution < 1.29 is 9.28 Å². The summed E-state index contributed by atoms with van der Waals surface area (Å²) in [7, 11) is 3.73. The molecule has 0 aromatic heterocycles. The van der Waals surface area contributed by atoms with Gasteiger partial charge in [-0.15, -0.1) is 0 Å². The second-order valence-corrected chi connectivity index (χ2v) is 2.54. The molecule has 0 fully saturated rings. The number of nitrogens with zero attached hydrogens (tertiary/aromatic N) is 1. The fraction of sp³-hybridized carbons (Fsp3) is 0.571. The average Bonchev–Trinajstić information content (AvgIpc) is 1.86. The lowest BCUT2D eigenvalue weighted by atomic mass is 10.4. The quantitative estimate of drug-likeness (QED) is 0.397. The number of carbonyl (C=O) groups is 1. The number of likely N-dealkylation sites (N-methyl/N-ethyl adjacent to an activating group) is 1. The summed E-state index contributed by atoms with van der Waals surface area (Å²) >= 11 is 0. The predicted octanol–water partition coefficient (Wildman–Crippen LogP) is 0.795. The van der Waals surface area contributed by atoms with E-state index < -0.39 is 0 Å². The highest BCUT2D eigenvalue weighted by Crippen LogP contribution is 1.96. The number of hydrogen-bond donors (Lipinski definition) is 0. The molecule has 0 atom stereocenters. The minimum Gasteiger partial charge on any atom is -0.262 e. The minimum atomic E-state index is 0.0671. The maximum Gasteiger partial charge on any atom is 0.337 e. The zero-order valence-electron chi connectivity index (χ0n) is 6.35. The summed E-state index contributed by atoms with van der Waals surface area (Å²) < 4.78 is 0.392. The fourth-order valence-electron chi connectivity index (χ4n) is 0.403. The SMILES string of the molecule is C=CC(=O)[N+](C)(C)CC. The van der Waals surface area contributed by atoms with Crippen LogP contribution in [0.1, 0.15) is 6.92 Å². The highest BCUT2D eigenvalue weighted by molar-refractivity contribution is 5.80. The molecule has 0 unspecified atom stereocenters. The van der Waals surface area contributed by atoms with Gasteiger partial charge in [0.1, 0.15) is 0 Å². The van der Waals surface area contributed by atoms with Gasteiger partial charge in [-0.1, -0.05) is 6.58 Å². The van der Waals surface area contributed by atoms with Gasteiger partial charge in [-0.3, -0.25) is 4.48 Å². The van der Waals surface area contributed by atoms with Gasteiger partial charge in [-0.05, 0) is 6.92 Å². The lowest BCUT2D eigenvalue weighted by Gasteiger charge is -2.22. The molecule has 0 N–H and O–H groups in total. The van der Waals surface area contributed by atoms with Crippen molar-refractivity contribution in [1.29, 1.82) is 0 Å². The largest absolute Gasteiger partial charge is 0.337 e. The molecule has 2 nitrogen and oxygen atoms in total. The fourth-order valence-corrected chi connectivity index (χ4v) is 0.403. The summed E-state index contributed by atoms with van der Waals surface area (Å²) in [5.74, 6) is 0.0671. The molecule has 0 saturated heterocycles. The molecular formula is C7H14NO+. The monoisotopic (exact) mass is 128 g/mol. The summed E-state index contributed by atoms with van der Waals surface area (Å²) in [6.45, 7) is 6.19. The molecule has 0 aliphatic rings. The van der Waals surface area contributed by atoms with Crippen molar-refractivity contribution in [2.75, 3.05) is 20.6 Å². The maximum absolute atomic E-state index is 10.9. The third-order valence-corrected chi connectivity index (χ3v) is 1.56. The van der Waals surface area contributed by atoms with E-state index in [9.17, 15) is 4.79 Å². The topological polar surface area (TPSA) is 17.1 Å². The van der Waals surface area contributed by atoms with E-state index in [2.05, 4.69) is 6.58 Å². The highest BCUT2D eigenvalue weighted by Gasteiger charge is 2.19. The lowest BCUT2D eigenvalue weighted by Crippen LogP contribution is -2.43. The van der Waals surface area contributed by atoms with Crippen LogP contribution in [0.25, 0.3) is 0 Å². The molecule has 0 aromatic rings. The molecule has 0 aliphatic heterocycles. The number of rotatable bonds is 2. The van der Waals surface area contributed by atoms with Gasteiger partial charge in [0.25, 0.3) is 0 Å². The number of quaternary nitrogens is 1. The van der Waals surface area contributed by atoms with Gasteiger partial charge >= 0.3 is 5.91 Å². The Labute approximate surface area is 56.4 Å². The van der Waals surface area contributed by atoms with Crippen LogP contribution in [0, 0.1) is 0 Å². The predicted molar refractivity (Wildman–Crippen MR) is 37.9 cm³/mol. The Balaban J connectivity index is 4.13. The van der Waals surface area contributed by atoms with Crippen LogP contribution in [-0.2, 0) is 4.79 Å². The third-order valence-electron chi connectivity index (χ3n) is 1.56. The number of hydrogen-bond acceptors (Lipinski definition) is 1. The molecule has 0 aromatic carbocycles. The van der Waals surface area contributed by atoms with Crippen molar-refractivity contribution in [2.45, 2.75) is 6.92 Å². The van der Waals surface area contributed by atoms with Crippen molar-refractivity contribution in [3.63, 3.8) is 0 Å². The highest BCUT2D eigenvalue weighted by atomic mass is 16.2. The van der Waals surface area contributed by atoms with E-state index in [4.69, 9.17) is 0 Å². The molecule has 0 saturated carbocycles. The van der Waals surface area contributed by atoms with Gasteiger partial charge in [-0.2, -0.15) is 0 Å². The van der Waals surface area contributed by atoms with Crippen molar-refractivity contribution in [3.8, 4) is 0 Å². The van der Waals surface area contributed by atoms with Crippen molar-refractivity contribution in [2.24, 2.45) is 0 Å². The van der Waals surface area contributed by atoms with Gasteiger partial charge < -0.3 is 0 Å². The Morgan fingerprint density at radius 1 is 1.67 bits per heavy atom. The molecule has 1 amide bonds. The Bertz CT molecular complexity index is 127. The van der Waals surface area contributed by atoms with E-state index in [0.29, 0.717) is 4.48 Å². The van der Waals surface area contributed by atoms with E-state index in [-0.39, 0.29) is 5.91 Å². The van der Waals surface area contributed by atoms with Crippen molar-refractivity contribution in [1.82, 2.24) is 0 Å². The normalized spacial score (nSPS) is 11.0. The van der Waals surface area contributed by atoms with Crippen LogP contribution in [0.15, 0.2) is 12.7 Å². The van der Waals surface area contributed by atoms with E-state index in [1.54, 1.807) is 0 Å². The Kier molecular flexibility index (Phi) is 2.59. The summed E-state index contributed by atoms with van der Waals surface area (Å²) in [4.78, 5) is 10.9. The van der Waals surface area contributed by atoms with Crippen molar-refractivity contribution >= 4 is 5.91 Å². The Morgan fingerprint density at radius 3 is 2.22 bits per heavy atom. The summed E-state index contributed by atoms with van der Waals surface area (Å²) in [6, 6.07) is 0. The first-order valence-corrected chi connectivity index (χ1v) is 3.04. The van der Waals surface area contributed by atoms with Gasteiger partial charge in [-0.25, -0.2) is 4.79 Å². The number of carbonyl (C=O) groups excluding carboxylic acids is 1. The molecule has 0 radical (unpaired) electrons. The standard InChI is InChI=1S/C7H14NO/c1-5-7(9)8(3,4)6-2/h5H,1,6H2,2-4H3/q+1. The molecule has 0 bridgehead atoms. The smallest absolute Gasteiger partial charge is 0.262 e. The molecule has 52 valence electrons. The van der Waals surface area contributed by atoms with Crippen molar-refractivity contribution in [3.05, 3.63) is 12.7 Å². The van der Waals surface area contributed by atoms with Crippen LogP contribution >= 0.6 is 0 Å². The second-order valence-electron chi connectivity index (χ2n) is 2.54. The van der Waals surface area contributed by atoms with Crippen LogP contribution in [0.4, 0.5) is 0 Å². The van der Waals surface area contributed by atoms with E-state index in [1.807, 2.05) is 21.0 Å². The van der Waals surface area contributed by atoms with Crippen LogP contribution in [-0.4, -0.2) is 31.0 Å².